The van der Waals surface area contributed by atoms with Crippen LogP contribution in [-0.4, -0.2) is 85.8 Å². The first-order valence-corrected chi connectivity index (χ1v) is 10.4. The van der Waals surface area contributed by atoms with Gasteiger partial charge in [-0.15, -0.1) is 0 Å². The van der Waals surface area contributed by atoms with E-state index in [2.05, 4.69) is 15.6 Å². The number of benzene rings is 1. The van der Waals surface area contributed by atoms with Gasteiger partial charge in [0.2, 0.25) is 5.91 Å². The van der Waals surface area contributed by atoms with Crippen LogP contribution >= 0.6 is 0 Å². The van der Waals surface area contributed by atoms with Crippen molar-refractivity contribution in [1.29, 1.82) is 0 Å². The molecule has 3 N–H and O–H groups in total. The maximum atomic E-state index is 13.8. The Morgan fingerprint density at radius 2 is 1.88 bits per heavy atom. The molecule has 176 valence electrons. The van der Waals surface area contributed by atoms with Gasteiger partial charge in [-0.2, -0.15) is 0 Å². The number of amides is 2. The molecule has 2 amide bonds. The van der Waals surface area contributed by atoms with Crippen LogP contribution in [0.1, 0.15) is 20.7 Å². The van der Waals surface area contributed by atoms with Crippen LogP contribution in [0.2, 0.25) is 0 Å². The molecule has 1 saturated heterocycles. The number of hydrogen-bond acceptors (Lipinski definition) is 7. The van der Waals surface area contributed by atoms with E-state index in [1.807, 2.05) is 9.80 Å². The lowest BCUT2D eigenvalue weighted by Gasteiger charge is -2.35. The van der Waals surface area contributed by atoms with Crippen molar-refractivity contribution in [1.82, 2.24) is 15.2 Å². The molecular weight excluding hydrogens is 433 g/mol. The molecule has 1 aliphatic rings. The molecule has 0 saturated carbocycles. The van der Waals surface area contributed by atoms with Crippen LogP contribution in [0.5, 0.6) is 0 Å². The van der Waals surface area contributed by atoms with E-state index in [1.54, 1.807) is 7.11 Å². The fourth-order valence-electron chi connectivity index (χ4n) is 3.45. The van der Waals surface area contributed by atoms with Crippen molar-refractivity contribution in [2.45, 2.75) is 0 Å². The van der Waals surface area contributed by atoms with Gasteiger partial charge >= 0.3 is 5.97 Å². The highest BCUT2D eigenvalue weighted by atomic mass is 19.1. The number of pyridine rings is 1. The number of aromatic nitrogens is 1. The molecule has 33 heavy (non-hydrogen) atoms. The number of nitrogens with one attached hydrogen (secondary N) is 2. The number of nitrogens with zero attached hydrogens (tertiary/aromatic N) is 3. The van der Waals surface area contributed by atoms with Crippen molar-refractivity contribution < 1.29 is 28.6 Å². The Labute approximate surface area is 190 Å². The van der Waals surface area contributed by atoms with E-state index in [4.69, 9.17) is 4.74 Å². The van der Waals surface area contributed by atoms with Gasteiger partial charge in [0.25, 0.3) is 5.91 Å². The lowest BCUT2D eigenvalue weighted by Crippen LogP contribution is -2.50. The molecule has 10 nitrogen and oxygen atoms in total. The fourth-order valence-corrected chi connectivity index (χ4v) is 3.45. The number of methoxy groups -OCH3 is 1. The van der Waals surface area contributed by atoms with Gasteiger partial charge in [-0.25, -0.2) is 14.2 Å². The summed E-state index contributed by atoms with van der Waals surface area (Å²) in [5.74, 6) is -2.39. The molecule has 0 unspecified atom stereocenters. The third kappa shape index (κ3) is 6.46. The Balaban J connectivity index is 1.63. The van der Waals surface area contributed by atoms with E-state index in [0.717, 1.165) is 0 Å². The number of rotatable bonds is 9. The zero-order chi connectivity index (χ0) is 23.8. The first kappa shape index (κ1) is 24.1. The molecule has 2 aromatic rings. The lowest BCUT2D eigenvalue weighted by atomic mass is 10.1. The Kier molecular flexibility index (Phi) is 8.28. The van der Waals surface area contributed by atoms with E-state index in [-0.39, 0.29) is 35.1 Å². The minimum Gasteiger partial charge on any atom is -0.478 e. The number of halogens is 1. The monoisotopic (exact) mass is 459 g/mol. The Morgan fingerprint density at radius 3 is 2.55 bits per heavy atom. The van der Waals surface area contributed by atoms with E-state index in [0.29, 0.717) is 39.3 Å². The van der Waals surface area contributed by atoms with Crippen molar-refractivity contribution in [2.75, 3.05) is 63.2 Å². The number of carboxylic acids is 1. The van der Waals surface area contributed by atoms with E-state index >= 15 is 0 Å². The molecule has 0 bridgehead atoms. The van der Waals surface area contributed by atoms with Crippen LogP contribution in [0.15, 0.2) is 36.5 Å². The minimum atomic E-state index is -1.19. The standard InChI is InChI=1S/C22H26FN5O5/c1-33-11-6-24-19(29)14-27-7-9-28(10-8-27)20-17(22(31)32)12-15(13-25-20)26-21(30)16-4-2-3-5-18(16)23/h2-5,12-13H,6-11,14H2,1H3,(H,24,29)(H,26,30)(H,31,32). The van der Waals surface area contributed by atoms with Crippen LogP contribution in [0.3, 0.4) is 0 Å². The summed E-state index contributed by atoms with van der Waals surface area (Å²) in [7, 11) is 1.56. The summed E-state index contributed by atoms with van der Waals surface area (Å²) >= 11 is 0. The number of carbonyl (C=O) groups excluding carboxylic acids is 2. The third-order valence-electron chi connectivity index (χ3n) is 5.14. The Bertz CT molecular complexity index is 1010. The van der Waals surface area contributed by atoms with E-state index in [1.165, 1.54) is 36.5 Å². The van der Waals surface area contributed by atoms with Gasteiger partial charge in [-0.1, -0.05) is 12.1 Å². The summed E-state index contributed by atoms with van der Waals surface area (Å²) in [5.41, 5.74) is -0.0799. The summed E-state index contributed by atoms with van der Waals surface area (Å²) in [6.45, 7) is 3.23. The highest BCUT2D eigenvalue weighted by Crippen LogP contribution is 2.23. The molecule has 1 aliphatic heterocycles. The number of carbonyl (C=O) groups is 3. The first-order chi connectivity index (χ1) is 15.9. The second kappa shape index (κ2) is 11.3. The lowest BCUT2D eigenvalue weighted by molar-refractivity contribution is -0.122. The minimum absolute atomic E-state index is 0.0768. The molecular formula is C22H26FN5O5. The molecule has 1 fully saturated rings. The summed E-state index contributed by atoms with van der Waals surface area (Å²) in [6, 6.07) is 6.81. The molecule has 3 rings (SSSR count). The van der Waals surface area contributed by atoms with Crippen LogP contribution in [0.4, 0.5) is 15.9 Å². The topological polar surface area (TPSA) is 124 Å². The first-order valence-electron chi connectivity index (χ1n) is 10.4. The second-order valence-corrected chi connectivity index (χ2v) is 7.44. The third-order valence-corrected chi connectivity index (χ3v) is 5.14. The maximum Gasteiger partial charge on any atom is 0.339 e. The van der Waals surface area contributed by atoms with Crippen molar-refractivity contribution in [3.8, 4) is 0 Å². The number of carboxylic acid groups (broad SMARTS) is 1. The SMILES string of the molecule is COCCNC(=O)CN1CCN(c2ncc(NC(=O)c3ccccc3F)cc2C(=O)O)CC1. The Morgan fingerprint density at radius 1 is 1.15 bits per heavy atom. The van der Waals surface area contributed by atoms with Crippen LogP contribution in [-0.2, 0) is 9.53 Å². The zero-order valence-electron chi connectivity index (χ0n) is 18.2. The van der Waals surface area contributed by atoms with Gasteiger partial charge in [0.05, 0.1) is 30.6 Å². The van der Waals surface area contributed by atoms with Crippen LogP contribution in [0, 0.1) is 5.82 Å². The van der Waals surface area contributed by atoms with E-state index < -0.39 is 17.7 Å². The summed E-state index contributed by atoms with van der Waals surface area (Å²) in [6.07, 6.45) is 1.34. The number of piperazine rings is 1. The van der Waals surface area contributed by atoms with Gasteiger partial charge in [-0.3, -0.25) is 14.5 Å². The predicted molar refractivity (Wildman–Crippen MR) is 119 cm³/mol. The highest BCUT2D eigenvalue weighted by Gasteiger charge is 2.24. The largest absolute Gasteiger partial charge is 0.478 e. The maximum absolute atomic E-state index is 13.8. The average Bonchev–Trinajstić information content (AvgIpc) is 2.80. The predicted octanol–water partition coefficient (Wildman–Crippen LogP) is 1.06. The quantitative estimate of drug-likeness (QED) is 0.476. The fraction of sp³-hybridized carbons (Fsp3) is 0.364. The second-order valence-electron chi connectivity index (χ2n) is 7.44. The number of anilines is 2. The average molecular weight is 459 g/mol. The van der Waals surface area contributed by atoms with Crippen molar-refractivity contribution in [3.63, 3.8) is 0 Å². The van der Waals surface area contributed by atoms with Crippen molar-refractivity contribution in [2.24, 2.45) is 0 Å². The van der Waals surface area contributed by atoms with E-state index in [9.17, 15) is 23.9 Å². The van der Waals surface area contributed by atoms with Crippen molar-refractivity contribution in [3.05, 3.63) is 53.5 Å². The van der Waals surface area contributed by atoms with Gasteiger partial charge in [-0.05, 0) is 18.2 Å². The number of aromatic carboxylic acids is 1. The molecule has 2 heterocycles. The normalized spacial score (nSPS) is 14.1. The smallest absolute Gasteiger partial charge is 0.339 e. The molecule has 0 aliphatic carbocycles. The highest BCUT2D eigenvalue weighted by molar-refractivity contribution is 6.05. The van der Waals surface area contributed by atoms with Gasteiger partial charge in [0.15, 0.2) is 0 Å². The van der Waals surface area contributed by atoms with Gasteiger partial charge in [0.1, 0.15) is 17.2 Å². The van der Waals surface area contributed by atoms with Crippen LogP contribution in [0.25, 0.3) is 0 Å². The summed E-state index contributed by atoms with van der Waals surface area (Å²) < 4.78 is 18.7. The molecule has 1 aromatic heterocycles. The molecule has 1 aromatic carbocycles. The molecule has 0 radical (unpaired) electrons. The number of hydrogen-bond donors (Lipinski definition) is 3. The Hall–Kier alpha value is -3.57. The van der Waals surface area contributed by atoms with Crippen molar-refractivity contribution >= 4 is 29.3 Å². The number of ether oxygens (including phenoxy) is 1. The summed E-state index contributed by atoms with van der Waals surface area (Å²) in [4.78, 5) is 44.2. The van der Waals surface area contributed by atoms with Gasteiger partial charge in [0, 0.05) is 39.8 Å². The molecule has 11 heteroatoms. The van der Waals surface area contributed by atoms with Gasteiger partial charge < -0.3 is 25.4 Å². The zero-order valence-corrected chi connectivity index (χ0v) is 18.2. The van der Waals surface area contributed by atoms with Crippen LogP contribution < -0.4 is 15.5 Å². The molecule has 0 spiro atoms. The summed E-state index contributed by atoms with van der Waals surface area (Å²) in [5, 5.41) is 14.9. The molecule has 0 atom stereocenters.